The third-order valence-corrected chi connectivity index (χ3v) is 2.38. The Balaban J connectivity index is 2.86. The molecule has 1 aromatic carbocycles. The van der Waals surface area contributed by atoms with Gasteiger partial charge in [-0.15, -0.1) is 0 Å². The maximum Gasteiger partial charge on any atom is 0.273 e. The molecule has 6 nitrogen and oxygen atoms in total. The topological polar surface area (TPSA) is 90.4 Å². The fourth-order valence-corrected chi connectivity index (χ4v) is 1.52. The lowest BCUT2D eigenvalue weighted by molar-refractivity contribution is -0.384. The van der Waals surface area contributed by atoms with Crippen molar-refractivity contribution >= 4 is 17.1 Å². The van der Waals surface area contributed by atoms with E-state index in [1.807, 2.05) is 6.92 Å². The first-order valence-electron chi connectivity index (χ1n) is 5.37. The van der Waals surface area contributed by atoms with E-state index in [1.54, 1.807) is 13.2 Å². The number of nitrogens with two attached hydrogens (primary N) is 1. The molecule has 0 aromatic heterocycles. The van der Waals surface area contributed by atoms with Crippen LogP contribution in [0, 0.1) is 10.1 Å². The van der Waals surface area contributed by atoms with E-state index in [9.17, 15) is 10.1 Å². The summed E-state index contributed by atoms with van der Waals surface area (Å²) in [5.41, 5.74) is 6.61. The summed E-state index contributed by atoms with van der Waals surface area (Å²) in [6.07, 6.45) is 0.858. The van der Waals surface area contributed by atoms with Crippen LogP contribution < -0.4 is 11.1 Å². The van der Waals surface area contributed by atoms with Gasteiger partial charge in [0.25, 0.3) is 5.69 Å². The predicted molar refractivity (Wildman–Crippen MR) is 67.1 cm³/mol. The number of nitrogen functional groups attached to an aromatic ring is 1. The van der Waals surface area contributed by atoms with Crippen LogP contribution in [0.3, 0.4) is 0 Å². The second-order valence-corrected chi connectivity index (χ2v) is 3.78. The number of benzene rings is 1. The minimum Gasteiger partial charge on any atom is -0.398 e. The maximum atomic E-state index is 10.7. The van der Waals surface area contributed by atoms with Gasteiger partial charge in [0.1, 0.15) is 0 Å². The number of nitrogens with one attached hydrogen (secondary N) is 1. The third-order valence-electron chi connectivity index (χ3n) is 2.38. The summed E-state index contributed by atoms with van der Waals surface area (Å²) in [7, 11) is 1.62. The highest BCUT2D eigenvalue weighted by atomic mass is 16.6. The highest BCUT2D eigenvalue weighted by Crippen LogP contribution is 2.23. The molecule has 0 aliphatic carbocycles. The molecule has 17 heavy (non-hydrogen) atoms. The van der Waals surface area contributed by atoms with Crippen LogP contribution in [0.15, 0.2) is 18.2 Å². The Labute approximate surface area is 99.9 Å². The number of nitrogens with zero attached hydrogens (tertiary/aromatic N) is 1. The Morgan fingerprint density at radius 1 is 1.53 bits per heavy atom. The summed E-state index contributed by atoms with van der Waals surface area (Å²) < 4.78 is 5.05. The number of methoxy groups -OCH3 is 1. The number of rotatable bonds is 6. The largest absolute Gasteiger partial charge is 0.398 e. The number of hydrogen-bond donors (Lipinski definition) is 2. The standard InChI is InChI=1S/C11H17N3O3/c1-3-9(7-17-2)13-10-4-8(12)5-11(6-10)14(15)16/h4-6,9,13H,3,7,12H2,1-2H3. The predicted octanol–water partition coefficient (Wildman–Crippen LogP) is 2.01. The van der Waals surface area contributed by atoms with E-state index in [0.717, 1.165) is 6.42 Å². The number of anilines is 2. The smallest absolute Gasteiger partial charge is 0.273 e. The molecule has 0 spiro atoms. The maximum absolute atomic E-state index is 10.7. The van der Waals surface area contributed by atoms with Gasteiger partial charge >= 0.3 is 0 Å². The molecule has 0 heterocycles. The normalized spacial score (nSPS) is 12.1. The van der Waals surface area contributed by atoms with Crippen molar-refractivity contribution in [1.82, 2.24) is 0 Å². The summed E-state index contributed by atoms with van der Waals surface area (Å²) in [6, 6.07) is 4.59. The van der Waals surface area contributed by atoms with Crippen LogP contribution in [-0.2, 0) is 4.74 Å². The average Bonchev–Trinajstić information content (AvgIpc) is 2.27. The second kappa shape index (κ2) is 6.05. The van der Waals surface area contributed by atoms with Gasteiger partial charge in [0.2, 0.25) is 0 Å². The van der Waals surface area contributed by atoms with E-state index in [0.29, 0.717) is 18.0 Å². The third kappa shape index (κ3) is 3.92. The van der Waals surface area contributed by atoms with Gasteiger partial charge in [-0.05, 0) is 12.5 Å². The Bertz CT molecular complexity index is 396. The highest BCUT2D eigenvalue weighted by molar-refractivity contribution is 5.61. The molecular weight excluding hydrogens is 222 g/mol. The van der Waals surface area contributed by atoms with Crippen molar-refractivity contribution in [3.63, 3.8) is 0 Å². The van der Waals surface area contributed by atoms with Crippen molar-refractivity contribution in [3.8, 4) is 0 Å². The highest BCUT2D eigenvalue weighted by Gasteiger charge is 2.11. The molecule has 0 saturated carbocycles. The number of nitro benzene ring substituents is 1. The van der Waals surface area contributed by atoms with E-state index < -0.39 is 4.92 Å². The zero-order valence-electron chi connectivity index (χ0n) is 9.97. The lowest BCUT2D eigenvalue weighted by atomic mass is 10.2. The minimum atomic E-state index is -0.460. The average molecular weight is 239 g/mol. The van der Waals surface area contributed by atoms with E-state index in [2.05, 4.69) is 5.32 Å². The first-order valence-corrected chi connectivity index (χ1v) is 5.37. The summed E-state index contributed by atoms with van der Waals surface area (Å²) >= 11 is 0. The van der Waals surface area contributed by atoms with Crippen LogP contribution in [0.5, 0.6) is 0 Å². The number of nitro groups is 1. The quantitative estimate of drug-likeness (QED) is 0.450. The lowest BCUT2D eigenvalue weighted by Crippen LogP contribution is -2.23. The molecule has 0 radical (unpaired) electrons. The van der Waals surface area contributed by atoms with Gasteiger partial charge in [-0.1, -0.05) is 6.92 Å². The van der Waals surface area contributed by atoms with Crippen LogP contribution in [0.25, 0.3) is 0 Å². The summed E-state index contributed by atoms with van der Waals surface area (Å²) in [5, 5.41) is 13.8. The molecule has 1 atom stereocenters. The Kier molecular flexibility index (Phi) is 4.71. The van der Waals surface area contributed by atoms with Gasteiger partial charge in [-0.2, -0.15) is 0 Å². The van der Waals surface area contributed by atoms with Gasteiger partial charge in [0.05, 0.1) is 11.5 Å². The van der Waals surface area contributed by atoms with Crippen LogP contribution in [-0.4, -0.2) is 24.7 Å². The summed E-state index contributed by atoms with van der Waals surface area (Å²) in [4.78, 5) is 10.2. The minimum absolute atomic E-state index is 0.0141. The van der Waals surface area contributed by atoms with E-state index in [-0.39, 0.29) is 11.7 Å². The van der Waals surface area contributed by atoms with Gasteiger partial charge in [-0.3, -0.25) is 10.1 Å². The van der Waals surface area contributed by atoms with Crippen molar-refractivity contribution in [2.24, 2.45) is 0 Å². The lowest BCUT2D eigenvalue weighted by Gasteiger charge is -2.17. The van der Waals surface area contributed by atoms with Crippen LogP contribution >= 0.6 is 0 Å². The van der Waals surface area contributed by atoms with Gasteiger partial charge in [-0.25, -0.2) is 0 Å². The van der Waals surface area contributed by atoms with E-state index in [4.69, 9.17) is 10.5 Å². The van der Waals surface area contributed by atoms with Gasteiger partial charge in [0, 0.05) is 36.7 Å². The molecule has 0 aliphatic heterocycles. The van der Waals surface area contributed by atoms with Crippen molar-refractivity contribution in [2.75, 3.05) is 24.8 Å². The van der Waals surface area contributed by atoms with Gasteiger partial charge in [0.15, 0.2) is 0 Å². The Hall–Kier alpha value is -1.82. The Morgan fingerprint density at radius 3 is 2.76 bits per heavy atom. The van der Waals surface area contributed by atoms with Crippen LogP contribution in [0.4, 0.5) is 17.1 Å². The first kappa shape index (κ1) is 13.2. The number of ether oxygens (including phenoxy) is 1. The fraction of sp³-hybridized carbons (Fsp3) is 0.455. The molecule has 1 aromatic rings. The second-order valence-electron chi connectivity index (χ2n) is 3.78. The zero-order valence-corrected chi connectivity index (χ0v) is 9.97. The van der Waals surface area contributed by atoms with Crippen molar-refractivity contribution in [1.29, 1.82) is 0 Å². The number of non-ortho nitro benzene ring substituents is 1. The van der Waals surface area contributed by atoms with E-state index in [1.165, 1.54) is 12.1 Å². The summed E-state index contributed by atoms with van der Waals surface area (Å²) in [6.45, 7) is 2.55. The monoisotopic (exact) mass is 239 g/mol. The molecule has 3 N–H and O–H groups in total. The van der Waals surface area contributed by atoms with Crippen LogP contribution in [0.2, 0.25) is 0 Å². The molecule has 0 fully saturated rings. The van der Waals surface area contributed by atoms with Gasteiger partial charge < -0.3 is 15.8 Å². The van der Waals surface area contributed by atoms with Crippen LogP contribution in [0.1, 0.15) is 13.3 Å². The molecule has 0 amide bonds. The fourth-order valence-electron chi connectivity index (χ4n) is 1.52. The molecule has 0 bridgehead atoms. The molecule has 1 rings (SSSR count). The molecule has 94 valence electrons. The molecule has 0 saturated heterocycles. The first-order chi connectivity index (χ1) is 8.06. The molecular formula is C11H17N3O3. The number of hydrogen-bond acceptors (Lipinski definition) is 5. The van der Waals surface area contributed by atoms with Crippen molar-refractivity contribution < 1.29 is 9.66 Å². The zero-order chi connectivity index (χ0) is 12.8. The molecule has 0 aliphatic rings. The summed E-state index contributed by atoms with van der Waals surface area (Å²) in [5.74, 6) is 0. The van der Waals surface area contributed by atoms with Crippen molar-refractivity contribution in [2.45, 2.75) is 19.4 Å². The molecule has 6 heteroatoms. The molecule has 1 unspecified atom stereocenters. The van der Waals surface area contributed by atoms with E-state index >= 15 is 0 Å². The Morgan fingerprint density at radius 2 is 2.24 bits per heavy atom. The SMILES string of the molecule is CCC(COC)Nc1cc(N)cc([N+](=O)[O-])c1. The van der Waals surface area contributed by atoms with Crippen molar-refractivity contribution in [3.05, 3.63) is 28.3 Å².